The maximum atomic E-state index is 13.2. The van der Waals surface area contributed by atoms with Crippen molar-refractivity contribution in [3.63, 3.8) is 0 Å². The Bertz CT molecular complexity index is 1060. The number of barbiturate groups is 1. The van der Waals surface area contributed by atoms with Crippen molar-refractivity contribution in [1.82, 2.24) is 15.5 Å². The molecule has 0 aromatic heterocycles. The summed E-state index contributed by atoms with van der Waals surface area (Å²) in [4.78, 5) is 56.1. The van der Waals surface area contributed by atoms with Gasteiger partial charge in [0.1, 0.15) is 5.69 Å². The molecule has 1 spiro atoms. The minimum absolute atomic E-state index is 0.0565. The van der Waals surface area contributed by atoms with Crippen molar-refractivity contribution in [3.05, 3.63) is 27.8 Å². The number of nitrogens with zero attached hydrogens (tertiary/aromatic N) is 4. The zero-order valence-corrected chi connectivity index (χ0v) is 19.4. The molecular formula is C22H28N6O6. The van der Waals surface area contributed by atoms with Crippen molar-refractivity contribution < 1.29 is 24.0 Å². The quantitative estimate of drug-likeness (QED) is 0.352. The second-order valence-corrected chi connectivity index (χ2v) is 9.65. The molecule has 0 radical (unpaired) electrons. The largest absolute Gasteiger partial charge is 0.372 e. The van der Waals surface area contributed by atoms with E-state index in [0.29, 0.717) is 30.9 Å². The van der Waals surface area contributed by atoms with E-state index in [0.717, 1.165) is 18.8 Å². The molecule has 12 heteroatoms. The molecule has 3 atom stereocenters. The Balaban J connectivity index is 1.67. The van der Waals surface area contributed by atoms with Crippen molar-refractivity contribution in [3.8, 4) is 0 Å². The van der Waals surface area contributed by atoms with Gasteiger partial charge in [-0.05, 0) is 32.5 Å². The van der Waals surface area contributed by atoms with Crippen LogP contribution < -0.4 is 20.4 Å². The average molecular weight is 473 g/mol. The van der Waals surface area contributed by atoms with Crippen molar-refractivity contribution in [2.24, 2.45) is 5.41 Å². The van der Waals surface area contributed by atoms with E-state index in [1.807, 2.05) is 36.8 Å². The zero-order valence-electron chi connectivity index (χ0n) is 19.4. The standard InChI is InChI=1S/C22H28N6O6/c1-12-11-27-15-9-16(26-6-4-25(3)5-7-26)17(28(32)33)8-14(15)10-22(18(27)13(2)34-12)19(29)23-21(31)24-20(22)30/h8-9,12-13,18H,4-7,10-11H2,1-3H3,(H2,23,24,29,30,31)/t12-,13+,18-/m1/s1. The number of carbonyl (C=O) groups excluding carboxylic acids is 3. The van der Waals surface area contributed by atoms with Gasteiger partial charge in [0.25, 0.3) is 5.69 Å². The zero-order chi connectivity index (χ0) is 24.4. The first kappa shape index (κ1) is 22.5. The van der Waals surface area contributed by atoms with Crippen LogP contribution in [0.3, 0.4) is 0 Å². The molecular weight excluding hydrogens is 444 g/mol. The lowest BCUT2D eigenvalue weighted by Gasteiger charge is -2.55. The van der Waals surface area contributed by atoms with E-state index in [1.54, 1.807) is 0 Å². The number of piperazine rings is 1. The summed E-state index contributed by atoms with van der Waals surface area (Å²) in [5.74, 6) is -1.42. The van der Waals surface area contributed by atoms with Crippen LogP contribution in [-0.2, 0) is 20.7 Å². The number of nitrogens with one attached hydrogen (secondary N) is 2. The van der Waals surface area contributed by atoms with E-state index in [2.05, 4.69) is 15.5 Å². The molecule has 5 rings (SSSR count). The van der Waals surface area contributed by atoms with Gasteiger partial charge in [0.15, 0.2) is 5.41 Å². The summed E-state index contributed by atoms with van der Waals surface area (Å²) in [6, 6.07) is 1.77. The number of urea groups is 1. The molecule has 0 saturated carbocycles. The van der Waals surface area contributed by atoms with Crippen LogP contribution in [0.4, 0.5) is 21.9 Å². The molecule has 4 amide bonds. The number of carbonyl (C=O) groups is 3. The van der Waals surface area contributed by atoms with Gasteiger partial charge in [-0.2, -0.15) is 0 Å². The summed E-state index contributed by atoms with van der Waals surface area (Å²) in [6.45, 7) is 7.02. The normalized spacial score (nSPS) is 28.8. The first-order chi connectivity index (χ1) is 16.1. The molecule has 1 aromatic rings. The fourth-order valence-corrected chi connectivity index (χ4v) is 5.91. The second-order valence-electron chi connectivity index (χ2n) is 9.65. The first-order valence-corrected chi connectivity index (χ1v) is 11.5. The predicted molar refractivity (Wildman–Crippen MR) is 122 cm³/mol. The molecule has 0 bridgehead atoms. The van der Waals surface area contributed by atoms with Crippen LogP contribution >= 0.6 is 0 Å². The number of likely N-dealkylation sites (N-methyl/N-ethyl adjacent to an activating group) is 1. The lowest BCUT2D eigenvalue weighted by molar-refractivity contribution is -0.384. The fourth-order valence-electron chi connectivity index (χ4n) is 5.91. The summed E-state index contributed by atoms with van der Waals surface area (Å²) in [5.41, 5.74) is 0.116. The van der Waals surface area contributed by atoms with Gasteiger partial charge in [-0.15, -0.1) is 0 Å². The van der Waals surface area contributed by atoms with Crippen LogP contribution in [0, 0.1) is 15.5 Å². The van der Waals surface area contributed by atoms with Gasteiger partial charge < -0.3 is 19.4 Å². The number of nitro benzene ring substituents is 1. The summed E-state index contributed by atoms with van der Waals surface area (Å²) in [6.07, 6.45) is -0.753. The number of ether oxygens (including phenoxy) is 1. The average Bonchev–Trinajstić information content (AvgIpc) is 2.76. The lowest BCUT2D eigenvalue weighted by atomic mass is 9.66. The number of benzene rings is 1. The minimum Gasteiger partial charge on any atom is -0.372 e. The summed E-state index contributed by atoms with van der Waals surface area (Å²) < 4.78 is 6.03. The number of hydrogen-bond acceptors (Lipinski definition) is 9. The van der Waals surface area contributed by atoms with Crippen LogP contribution in [0.25, 0.3) is 0 Å². The highest BCUT2D eigenvalue weighted by Crippen LogP contribution is 2.49. The van der Waals surface area contributed by atoms with Crippen molar-refractivity contribution >= 4 is 34.9 Å². The Morgan fingerprint density at radius 2 is 1.71 bits per heavy atom. The fraction of sp³-hybridized carbons (Fsp3) is 0.591. The van der Waals surface area contributed by atoms with Crippen LogP contribution in [0.15, 0.2) is 12.1 Å². The third kappa shape index (κ3) is 3.31. The number of fused-ring (bicyclic) bond motifs is 4. The van der Waals surface area contributed by atoms with Crippen LogP contribution in [0.1, 0.15) is 19.4 Å². The maximum absolute atomic E-state index is 13.2. The van der Waals surface area contributed by atoms with E-state index in [9.17, 15) is 24.5 Å². The highest BCUT2D eigenvalue weighted by Gasteiger charge is 2.63. The first-order valence-electron chi connectivity index (χ1n) is 11.5. The molecule has 182 valence electrons. The predicted octanol–water partition coefficient (Wildman–Crippen LogP) is 0.237. The number of hydrogen-bond donors (Lipinski definition) is 2. The van der Waals surface area contributed by atoms with Gasteiger partial charge in [-0.3, -0.25) is 30.3 Å². The van der Waals surface area contributed by atoms with E-state index in [1.165, 1.54) is 6.07 Å². The molecule has 0 aliphatic carbocycles. The maximum Gasteiger partial charge on any atom is 0.328 e. The number of anilines is 2. The molecule has 0 unspecified atom stereocenters. The molecule has 3 fully saturated rings. The van der Waals surface area contributed by atoms with Crippen LogP contribution in [0.5, 0.6) is 0 Å². The highest BCUT2D eigenvalue weighted by molar-refractivity contribution is 6.20. The molecule has 1 aromatic carbocycles. The second kappa shape index (κ2) is 7.91. The van der Waals surface area contributed by atoms with Crippen molar-refractivity contribution in [1.29, 1.82) is 0 Å². The Morgan fingerprint density at radius 1 is 1.06 bits per heavy atom. The SMILES string of the molecule is C[C@@H]1CN2c3cc(N4CCN(C)CC4)c([N+](=O)[O-])cc3CC3(C(=O)NC(=O)NC3=O)[C@H]2[C@H](C)O1. The van der Waals surface area contributed by atoms with Gasteiger partial charge >= 0.3 is 6.03 Å². The number of nitro groups is 1. The van der Waals surface area contributed by atoms with Crippen LogP contribution in [-0.4, -0.2) is 85.7 Å². The van der Waals surface area contributed by atoms with Crippen molar-refractivity contribution in [2.75, 3.05) is 49.6 Å². The van der Waals surface area contributed by atoms with Gasteiger partial charge in [-0.1, -0.05) is 0 Å². The number of morpholine rings is 1. The molecule has 2 N–H and O–H groups in total. The van der Waals surface area contributed by atoms with E-state index in [-0.39, 0.29) is 18.2 Å². The smallest absolute Gasteiger partial charge is 0.328 e. The molecule has 4 aliphatic heterocycles. The van der Waals surface area contributed by atoms with Gasteiger partial charge in [-0.25, -0.2) is 4.79 Å². The Kier molecular flexibility index (Phi) is 5.24. The monoisotopic (exact) mass is 472 g/mol. The van der Waals surface area contributed by atoms with E-state index < -0.39 is 40.3 Å². The molecule has 4 heterocycles. The van der Waals surface area contributed by atoms with Gasteiger partial charge in [0, 0.05) is 50.9 Å². The highest BCUT2D eigenvalue weighted by atomic mass is 16.6. The Hall–Kier alpha value is -3.25. The van der Waals surface area contributed by atoms with E-state index >= 15 is 0 Å². The summed E-state index contributed by atoms with van der Waals surface area (Å²) in [5, 5.41) is 16.5. The third-order valence-electron chi connectivity index (χ3n) is 7.45. The molecule has 4 aliphatic rings. The van der Waals surface area contributed by atoms with Crippen molar-refractivity contribution in [2.45, 2.75) is 38.5 Å². The molecule has 34 heavy (non-hydrogen) atoms. The third-order valence-corrected chi connectivity index (χ3v) is 7.45. The van der Waals surface area contributed by atoms with Gasteiger partial charge in [0.2, 0.25) is 11.8 Å². The molecule has 3 saturated heterocycles. The van der Waals surface area contributed by atoms with E-state index in [4.69, 9.17) is 4.74 Å². The number of imide groups is 2. The number of amides is 4. The summed E-state index contributed by atoms with van der Waals surface area (Å²) >= 11 is 0. The Labute approximate surface area is 196 Å². The topological polar surface area (TPSA) is 137 Å². The summed E-state index contributed by atoms with van der Waals surface area (Å²) in [7, 11) is 2.02. The minimum atomic E-state index is -1.65. The van der Waals surface area contributed by atoms with Crippen LogP contribution in [0.2, 0.25) is 0 Å². The Morgan fingerprint density at radius 3 is 2.32 bits per heavy atom. The number of rotatable bonds is 2. The van der Waals surface area contributed by atoms with Gasteiger partial charge in [0.05, 0.1) is 23.2 Å². The lowest BCUT2D eigenvalue weighted by Crippen LogP contribution is -2.75. The molecule has 12 nitrogen and oxygen atoms in total.